The smallest absolute Gasteiger partial charge is 0.270 e. The van der Waals surface area contributed by atoms with E-state index in [0.29, 0.717) is 17.7 Å². The van der Waals surface area contributed by atoms with Crippen molar-refractivity contribution >= 4 is 11.9 Å². The number of rotatable bonds is 6. The van der Waals surface area contributed by atoms with Gasteiger partial charge in [0.15, 0.2) is 0 Å². The maximum Gasteiger partial charge on any atom is 0.270 e. The second-order valence-electron chi connectivity index (χ2n) is 5.63. The average molecular weight is 296 g/mol. The van der Waals surface area contributed by atoms with Gasteiger partial charge in [-0.25, -0.2) is 9.97 Å². The number of benzene rings is 1. The molecule has 0 saturated heterocycles. The van der Waals surface area contributed by atoms with Gasteiger partial charge in [0.1, 0.15) is 5.69 Å². The number of carbonyl (C=O) groups excluding carboxylic acids is 1. The summed E-state index contributed by atoms with van der Waals surface area (Å²) in [5.41, 5.74) is 2.48. The Hall–Kier alpha value is -2.43. The quantitative estimate of drug-likeness (QED) is 0.858. The Morgan fingerprint density at radius 3 is 2.73 bits per heavy atom. The Morgan fingerprint density at radius 2 is 2.00 bits per heavy atom. The zero-order valence-corrected chi connectivity index (χ0v) is 12.7. The van der Waals surface area contributed by atoms with Gasteiger partial charge < -0.3 is 10.6 Å². The Labute approximate surface area is 130 Å². The first-order valence-electron chi connectivity index (χ1n) is 7.65. The molecule has 1 amide bonds. The van der Waals surface area contributed by atoms with Gasteiger partial charge in [-0.2, -0.15) is 0 Å². The molecule has 114 valence electrons. The monoisotopic (exact) mass is 296 g/mol. The zero-order valence-electron chi connectivity index (χ0n) is 12.7. The average Bonchev–Trinajstić information content (AvgIpc) is 3.32. The topological polar surface area (TPSA) is 66.9 Å². The van der Waals surface area contributed by atoms with Crippen LogP contribution in [0.25, 0.3) is 0 Å². The molecule has 1 aliphatic rings. The molecule has 0 bridgehead atoms. The number of aryl methyl sites for hydroxylation is 1. The summed E-state index contributed by atoms with van der Waals surface area (Å²) in [5, 5.41) is 6.15. The van der Waals surface area contributed by atoms with Crippen molar-refractivity contribution in [1.29, 1.82) is 0 Å². The molecule has 1 aliphatic carbocycles. The van der Waals surface area contributed by atoms with Crippen LogP contribution in [0.1, 0.15) is 34.6 Å². The molecule has 1 aromatic heterocycles. The van der Waals surface area contributed by atoms with Gasteiger partial charge in [-0.1, -0.05) is 30.3 Å². The minimum absolute atomic E-state index is 0.112. The molecule has 1 fully saturated rings. The molecule has 0 atom stereocenters. The first kappa shape index (κ1) is 14.5. The summed E-state index contributed by atoms with van der Waals surface area (Å²) in [6.45, 7) is 2.61. The second-order valence-corrected chi connectivity index (χ2v) is 5.63. The first-order valence-corrected chi connectivity index (χ1v) is 7.65. The van der Waals surface area contributed by atoms with Crippen LogP contribution in [0.15, 0.2) is 36.4 Å². The number of anilines is 1. The number of nitrogens with one attached hydrogen (secondary N) is 2. The Kier molecular flexibility index (Phi) is 4.32. The fourth-order valence-corrected chi connectivity index (χ4v) is 2.21. The number of amides is 1. The first-order chi connectivity index (χ1) is 10.7. The SMILES string of the molecule is Cc1cc(C(=O)NC2CC2)nc(NCCc2ccccc2)n1. The summed E-state index contributed by atoms with van der Waals surface area (Å²) in [4.78, 5) is 20.7. The highest BCUT2D eigenvalue weighted by Gasteiger charge is 2.24. The van der Waals surface area contributed by atoms with E-state index < -0.39 is 0 Å². The molecule has 22 heavy (non-hydrogen) atoms. The molecular formula is C17H20N4O. The maximum atomic E-state index is 12.1. The third-order valence-corrected chi connectivity index (χ3v) is 3.54. The van der Waals surface area contributed by atoms with Crippen LogP contribution in [0.4, 0.5) is 5.95 Å². The normalized spacial score (nSPS) is 13.7. The van der Waals surface area contributed by atoms with Crippen LogP contribution >= 0.6 is 0 Å². The molecule has 1 aromatic carbocycles. The van der Waals surface area contributed by atoms with Crippen molar-refractivity contribution in [3.8, 4) is 0 Å². The van der Waals surface area contributed by atoms with Crippen molar-refractivity contribution in [2.75, 3.05) is 11.9 Å². The van der Waals surface area contributed by atoms with E-state index in [1.54, 1.807) is 6.07 Å². The minimum atomic E-state index is -0.112. The Balaban J connectivity index is 1.60. The summed E-state index contributed by atoms with van der Waals surface area (Å²) in [6.07, 6.45) is 3.03. The van der Waals surface area contributed by atoms with E-state index in [9.17, 15) is 4.79 Å². The highest BCUT2D eigenvalue weighted by Crippen LogP contribution is 2.19. The maximum absolute atomic E-state index is 12.1. The molecule has 0 radical (unpaired) electrons. The molecule has 5 heteroatoms. The lowest BCUT2D eigenvalue weighted by molar-refractivity contribution is 0.0946. The van der Waals surface area contributed by atoms with Crippen molar-refractivity contribution in [2.45, 2.75) is 32.2 Å². The van der Waals surface area contributed by atoms with Crippen LogP contribution in [-0.2, 0) is 6.42 Å². The number of carbonyl (C=O) groups is 1. The lowest BCUT2D eigenvalue weighted by Gasteiger charge is -2.08. The third-order valence-electron chi connectivity index (χ3n) is 3.54. The Morgan fingerprint density at radius 1 is 1.23 bits per heavy atom. The van der Waals surface area contributed by atoms with Crippen molar-refractivity contribution in [2.24, 2.45) is 0 Å². The molecule has 2 N–H and O–H groups in total. The zero-order chi connectivity index (χ0) is 15.4. The highest BCUT2D eigenvalue weighted by atomic mass is 16.2. The molecule has 1 heterocycles. The van der Waals surface area contributed by atoms with Crippen molar-refractivity contribution in [3.63, 3.8) is 0 Å². The molecule has 3 rings (SSSR count). The summed E-state index contributed by atoms with van der Waals surface area (Å²) in [7, 11) is 0. The fraction of sp³-hybridized carbons (Fsp3) is 0.353. The number of hydrogen-bond donors (Lipinski definition) is 2. The molecule has 0 unspecified atom stereocenters. The lowest BCUT2D eigenvalue weighted by Crippen LogP contribution is -2.27. The molecule has 1 saturated carbocycles. The summed E-state index contributed by atoms with van der Waals surface area (Å²) in [6, 6.07) is 12.3. The van der Waals surface area contributed by atoms with Gasteiger partial charge >= 0.3 is 0 Å². The standard InChI is InChI=1S/C17H20N4O/c1-12-11-15(16(22)20-14-7-8-14)21-17(19-12)18-10-9-13-5-3-2-4-6-13/h2-6,11,14H,7-10H2,1H3,(H,20,22)(H,18,19,21). The van der Waals surface area contributed by atoms with Gasteiger partial charge in [0.05, 0.1) is 0 Å². The largest absolute Gasteiger partial charge is 0.354 e. The molecule has 0 aliphatic heterocycles. The van der Waals surface area contributed by atoms with Gasteiger partial charge in [0, 0.05) is 18.3 Å². The molecule has 0 spiro atoms. The molecular weight excluding hydrogens is 276 g/mol. The van der Waals surface area contributed by atoms with Crippen LogP contribution in [-0.4, -0.2) is 28.5 Å². The number of nitrogens with zero attached hydrogens (tertiary/aromatic N) is 2. The van der Waals surface area contributed by atoms with Gasteiger partial charge in [-0.05, 0) is 37.8 Å². The van der Waals surface area contributed by atoms with Crippen LogP contribution in [0.2, 0.25) is 0 Å². The predicted octanol–water partition coefficient (Wildman–Crippen LogP) is 2.33. The van der Waals surface area contributed by atoms with Gasteiger partial charge in [-0.3, -0.25) is 4.79 Å². The second kappa shape index (κ2) is 6.56. The Bertz CT molecular complexity index is 653. The van der Waals surface area contributed by atoms with Gasteiger partial charge in [-0.15, -0.1) is 0 Å². The van der Waals surface area contributed by atoms with E-state index >= 15 is 0 Å². The summed E-state index contributed by atoms with van der Waals surface area (Å²) in [5.74, 6) is 0.399. The lowest BCUT2D eigenvalue weighted by atomic mass is 10.1. The number of hydrogen-bond acceptors (Lipinski definition) is 4. The predicted molar refractivity (Wildman–Crippen MR) is 85.9 cm³/mol. The highest BCUT2D eigenvalue weighted by molar-refractivity contribution is 5.93. The minimum Gasteiger partial charge on any atom is -0.354 e. The van der Waals surface area contributed by atoms with Crippen LogP contribution in [0.3, 0.4) is 0 Å². The van der Waals surface area contributed by atoms with Gasteiger partial charge in [0.2, 0.25) is 5.95 Å². The van der Waals surface area contributed by atoms with E-state index in [4.69, 9.17) is 0 Å². The van der Waals surface area contributed by atoms with E-state index in [-0.39, 0.29) is 5.91 Å². The van der Waals surface area contributed by atoms with Crippen LogP contribution < -0.4 is 10.6 Å². The number of aromatic nitrogens is 2. The summed E-state index contributed by atoms with van der Waals surface area (Å²) >= 11 is 0. The van der Waals surface area contributed by atoms with E-state index in [1.807, 2.05) is 25.1 Å². The van der Waals surface area contributed by atoms with Crippen molar-refractivity contribution < 1.29 is 4.79 Å². The van der Waals surface area contributed by atoms with Crippen LogP contribution in [0.5, 0.6) is 0 Å². The van der Waals surface area contributed by atoms with E-state index in [0.717, 1.165) is 31.5 Å². The third kappa shape index (κ3) is 4.04. The molecule has 5 nitrogen and oxygen atoms in total. The van der Waals surface area contributed by atoms with Gasteiger partial charge in [0.25, 0.3) is 5.91 Å². The fourth-order valence-electron chi connectivity index (χ4n) is 2.21. The van der Waals surface area contributed by atoms with Crippen molar-refractivity contribution in [3.05, 3.63) is 53.3 Å². The van der Waals surface area contributed by atoms with Crippen molar-refractivity contribution in [1.82, 2.24) is 15.3 Å². The van der Waals surface area contributed by atoms with E-state index in [1.165, 1.54) is 5.56 Å². The molecule has 2 aromatic rings. The summed E-state index contributed by atoms with van der Waals surface area (Å²) < 4.78 is 0. The van der Waals surface area contributed by atoms with E-state index in [2.05, 4.69) is 32.7 Å². The van der Waals surface area contributed by atoms with Crippen LogP contribution in [0, 0.1) is 6.92 Å².